The zero-order chi connectivity index (χ0) is 16.5. The Bertz CT molecular complexity index is 296. The highest BCUT2D eigenvalue weighted by molar-refractivity contribution is 5.84. The number of aliphatic hydroxyl groups is 6. The van der Waals surface area contributed by atoms with Gasteiger partial charge in [0, 0.05) is 6.42 Å². The molecule has 0 aromatic carbocycles. The highest BCUT2D eigenvalue weighted by atomic mass is 16.4. The molecule has 0 fully saturated rings. The van der Waals surface area contributed by atoms with E-state index in [1.165, 1.54) is 6.92 Å². The van der Waals surface area contributed by atoms with Crippen molar-refractivity contribution in [1.82, 2.24) is 0 Å². The Hall–Kier alpha value is -0.900. The van der Waals surface area contributed by atoms with Crippen molar-refractivity contribution >= 4 is 11.6 Å². The Kier molecular flexibility index (Phi) is 10.6. The molecule has 0 aliphatic heterocycles. The predicted octanol–water partition coefficient (Wildman–Crippen LogP) is -2.64. The second-order valence-electron chi connectivity index (χ2n) is 5.00. The summed E-state index contributed by atoms with van der Waals surface area (Å²) in [5.74, 6) is -0.979. The molecule has 0 aliphatic rings. The molecule has 0 amide bonds. The van der Waals surface area contributed by atoms with E-state index < -0.39 is 42.9 Å². The maximum absolute atomic E-state index is 10.5. The van der Waals surface area contributed by atoms with Gasteiger partial charge in [0.15, 0.2) is 5.78 Å². The van der Waals surface area contributed by atoms with Crippen LogP contribution in [0.25, 0.3) is 0 Å². The fraction of sp³-hybridized carbons (Fsp3) is 0.833. The van der Waals surface area contributed by atoms with Gasteiger partial charge in [0.1, 0.15) is 30.7 Å². The molecule has 0 unspecified atom stereocenters. The number of carbonyl (C=O) groups excluding carboxylic acids is 2. The first-order valence-corrected chi connectivity index (χ1v) is 5.96. The van der Waals surface area contributed by atoms with Gasteiger partial charge in [-0.05, 0) is 20.8 Å². The second-order valence-corrected chi connectivity index (χ2v) is 5.00. The molecular formula is C12H24O8. The Balaban J connectivity index is 0. The lowest BCUT2D eigenvalue weighted by Crippen LogP contribution is -2.44. The van der Waals surface area contributed by atoms with Crippen LogP contribution >= 0.6 is 0 Å². The van der Waals surface area contributed by atoms with Gasteiger partial charge in [0.25, 0.3) is 0 Å². The predicted molar refractivity (Wildman–Crippen MR) is 68.8 cm³/mol. The highest BCUT2D eigenvalue weighted by Crippen LogP contribution is 2.06. The molecule has 0 heterocycles. The molecule has 0 bridgehead atoms. The molecule has 0 aromatic rings. The van der Waals surface area contributed by atoms with E-state index in [1.54, 1.807) is 13.8 Å². The molecule has 6 N–H and O–H groups in total. The van der Waals surface area contributed by atoms with Crippen molar-refractivity contribution in [3.05, 3.63) is 0 Å². The van der Waals surface area contributed by atoms with Crippen molar-refractivity contribution in [2.75, 3.05) is 13.2 Å². The van der Waals surface area contributed by atoms with Crippen LogP contribution in [-0.2, 0) is 9.59 Å². The van der Waals surface area contributed by atoms with Crippen molar-refractivity contribution in [3.63, 3.8) is 0 Å². The molecule has 0 radical (unpaired) electrons. The average molecular weight is 296 g/mol. The lowest BCUT2D eigenvalue weighted by molar-refractivity contribution is -0.142. The standard InChI is InChI=1S/C6H12O6.C6H12O2/c7-1-3(9)5(11)6(12)4(10)2-8;1-5(7)4-6(2,3)8/h3,5-9,11-12H,1-2H2;8H,4H2,1-3H3/t3-,5+,6+;/m1./s1. The summed E-state index contributed by atoms with van der Waals surface area (Å²) >= 11 is 0. The first-order valence-electron chi connectivity index (χ1n) is 5.96. The smallest absolute Gasteiger partial charge is 0.189 e. The summed E-state index contributed by atoms with van der Waals surface area (Å²) in [5, 5.41) is 52.0. The number of rotatable bonds is 7. The Labute approximate surface area is 117 Å². The van der Waals surface area contributed by atoms with Gasteiger partial charge in [-0.25, -0.2) is 0 Å². The van der Waals surface area contributed by atoms with Crippen LogP contribution in [0.4, 0.5) is 0 Å². The van der Waals surface area contributed by atoms with Crippen LogP contribution in [0, 0.1) is 0 Å². The number of hydrogen-bond acceptors (Lipinski definition) is 8. The first-order chi connectivity index (χ1) is 8.96. The minimum absolute atomic E-state index is 0.0255. The third-order valence-electron chi connectivity index (χ3n) is 2.07. The van der Waals surface area contributed by atoms with Gasteiger partial charge >= 0.3 is 0 Å². The van der Waals surface area contributed by atoms with E-state index in [0.717, 1.165) is 0 Å². The molecule has 120 valence electrons. The minimum atomic E-state index is -1.86. The van der Waals surface area contributed by atoms with Crippen LogP contribution < -0.4 is 0 Å². The van der Waals surface area contributed by atoms with Crippen molar-refractivity contribution in [2.45, 2.75) is 51.1 Å². The molecule has 20 heavy (non-hydrogen) atoms. The third-order valence-corrected chi connectivity index (χ3v) is 2.07. The fourth-order valence-corrected chi connectivity index (χ4v) is 1.21. The zero-order valence-electron chi connectivity index (χ0n) is 11.9. The molecule has 0 aromatic heterocycles. The molecule has 0 aliphatic carbocycles. The van der Waals surface area contributed by atoms with Crippen LogP contribution in [0.1, 0.15) is 27.2 Å². The van der Waals surface area contributed by atoms with Gasteiger partial charge in [0.05, 0.1) is 12.2 Å². The van der Waals surface area contributed by atoms with Crippen LogP contribution in [0.15, 0.2) is 0 Å². The van der Waals surface area contributed by atoms with Gasteiger partial charge in [-0.15, -0.1) is 0 Å². The summed E-state index contributed by atoms with van der Waals surface area (Å²) in [6.07, 6.45) is -4.98. The maximum Gasteiger partial charge on any atom is 0.189 e. The van der Waals surface area contributed by atoms with E-state index in [-0.39, 0.29) is 12.2 Å². The van der Waals surface area contributed by atoms with Gasteiger partial charge < -0.3 is 30.6 Å². The first kappa shape index (κ1) is 21.4. The van der Waals surface area contributed by atoms with Crippen LogP contribution in [-0.4, -0.2) is 79.3 Å². The van der Waals surface area contributed by atoms with E-state index in [0.29, 0.717) is 0 Å². The van der Waals surface area contributed by atoms with E-state index in [9.17, 15) is 9.59 Å². The maximum atomic E-state index is 10.5. The molecule has 0 rings (SSSR count). The quantitative estimate of drug-likeness (QED) is 0.298. The molecule has 8 heteroatoms. The fourth-order valence-electron chi connectivity index (χ4n) is 1.21. The zero-order valence-corrected chi connectivity index (χ0v) is 11.9. The lowest BCUT2D eigenvalue weighted by Gasteiger charge is -2.19. The van der Waals surface area contributed by atoms with Crippen LogP contribution in [0.3, 0.4) is 0 Å². The van der Waals surface area contributed by atoms with E-state index in [4.69, 9.17) is 30.6 Å². The topological polar surface area (TPSA) is 156 Å². The highest BCUT2D eigenvalue weighted by Gasteiger charge is 2.28. The molecule has 0 saturated heterocycles. The van der Waals surface area contributed by atoms with Crippen molar-refractivity contribution in [2.24, 2.45) is 0 Å². The summed E-state index contributed by atoms with van der Waals surface area (Å²) < 4.78 is 0. The molecule has 3 atom stereocenters. The molecule has 8 nitrogen and oxygen atoms in total. The van der Waals surface area contributed by atoms with Gasteiger partial charge in [-0.1, -0.05) is 0 Å². The summed E-state index contributed by atoms with van der Waals surface area (Å²) in [7, 11) is 0. The van der Waals surface area contributed by atoms with Gasteiger partial charge in [-0.2, -0.15) is 0 Å². The minimum Gasteiger partial charge on any atom is -0.394 e. The number of aliphatic hydroxyl groups excluding tert-OH is 5. The third kappa shape index (κ3) is 11.0. The lowest BCUT2D eigenvalue weighted by atomic mass is 10.0. The Morgan fingerprint density at radius 3 is 1.75 bits per heavy atom. The van der Waals surface area contributed by atoms with Crippen molar-refractivity contribution in [3.8, 4) is 0 Å². The normalized spacial score (nSPS) is 15.7. The molecule has 0 spiro atoms. The van der Waals surface area contributed by atoms with Crippen LogP contribution in [0.2, 0.25) is 0 Å². The summed E-state index contributed by atoms with van der Waals surface area (Å²) in [4.78, 5) is 20.8. The van der Waals surface area contributed by atoms with Crippen molar-refractivity contribution in [1.29, 1.82) is 0 Å². The SMILES string of the molecule is CC(=O)CC(C)(C)O.O=C(CO)[C@H](O)[C@@H](O)[C@H](O)CO. The number of carbonyl (C=O) groups is 2. The van der Waals surface area contributed by atoms with Gasteiger partial charge in [-0.3, -0.25) is 9.59 Å². The Morgan fingerprint density at radius 1 is 1.10 bits per heavy atom. The van der Waals surface area contributed by atoms with E-state index in [1.807, 2.05) is 0 Å². The summed E-state index contributed by atoms with van der Waals surface area (Å²) in [6.45, 7) is 3.02. The van der Waals surface area contributed by atoms with E-state index >= 15 is 0 Å². The largest absolute Gasteiger partial charge is 0.394 e. The summed E-state index contributed by atoms with van der Waals surface area (Å²) in [6, 6.07) is 0. The van der Waals surface area contributed by atoms with E-state index in [2.05, 4.69) is 0 Å². The molecular weight excluding hydrogens is 272 g/mol. The number of hydrogen-bond donors (Lipinski definition) is 6. The second kappa shape index (κ2) is 9.92. The molecule has 0 saturated carbocycles. The van der Waals surface area contributed by atoms with Gasteiger partial charge in [0.2, 0.25) is 0 Å². The average Bonchev–Trinajstić information content (AvgIpc) is 2.32. The van der Waals surface area contributed by atoms with Crippen molar-refractivity contribution < 1.29 is 40.2 Å². The Morgan fingerprint density at radius 2 is 1.55 bits per heavy atom. The number of ketones is 2. The van der Waals surface area contributed by atoms with Crippen LogP contribution in [0.5, 0.6) is 0 Å². The monoisotopic (exact) mass is 296 g/mol. The number of Topliss-reactive ketones (excluding diaryl/α,β-unsaturated/α-hetero) is 2. The summed E-state index contributed by atoms with van der Waals surface area (Å²) in [5.41, 5.74) is -0.828.